The van der Waals surface area contributed by atoms with Gasteiger partial charge in [-0.05, 0) is 19.1 Å². The van der Waals surface area contributed by atoms with E-state index in [1.54, 1.807) is 12.1 Å². The Labute approximate surface area is 111 Å². The monoisotopic (exact) mass is 288 g/mol. The molecule has 0 aliphatic carbocycles. The summed E-state index contributed by atoms with van der Waals surface area (Å²) in [5, 5.41) is 11.4. The van der Waals surface area contributed by atoms with Crippen LogP contribution in [0.15, 0.2) is 12.1 Å². The Balaban J connectivity index is 2.04. The predicted octanol–water partition coefficient (Wildman–Crippen LogP) is 2.33. The number of anilines is 1. The van der Waals surface area contributed by atoms with Crippen molar-refractivity contribution in [2.45, 2.75) is 13.0 Å². The summed E-state index contributed by atoms with van der Waals surface area (Å²) in [6.07, 6.45) is 0. The standard InChI is InChI=1S/C9H9ClN4OS2/c1-4(8-13-14-9(11)17-8)12-7(15)5-2-3-6(10)16-5/h2-4H,1H3,(H2,11,14)(H,12,15). The number of thiophene rings is 1. The van der Waals surface area contributed by atoms with Crippen molar-refractivity contribution in [1.29, 1.82) is 0 Å². The van der Waals surface area contributed by atoms with Crippen LogP contribution in [0, 0.1) is 0 Å². The van der Waals surface area contributed by atoms with Crippen LogP contribution in [0.5, 0.6) is 0 Å². The third-order valence-electron chi connectivity index (χ3n) is 1.97. The van der Waals surface area contributed by atoms with E-state index in [2.05, 4.69) is 15.5 Å². The van der Waals surface area contributed by atoms with Crippen molar-refractivity contribution in [2.75, 3.05) is 5.73 Å². The largest absolute Gasteiger partial charge is 0.374 e. The molecule has 1 atom stereocenters. The van der Waals surface area contributed by atoms with Gasteiger partial charge in [-0.2, -0.15) is 0 Å². The molecule has 0 saturated heterocycles. The summed E-state index contributed by atoms with van der Waals surface area (Å²) in [7, 11) is 0. The Morgan fingerprint density at radius 1 is 1.47 bits per heavy atom. The number of nitrogens with two attached hydrogens (primary N) is 1. The number of hydrogen-bond acceptors (Lipinski definition) is 6. The molecule has 1 unspecified atom stereocenters. The number of aromatic nitrogens is 2. The van der Waals surface area contributed by atoms with E-state index in [1.807, 2.05) is 6.92 Å². The van der Waals surface area contributed by atoms with E-state index in [0.717, 1.165) is 0 Å². The lowest BCUT2D eigenvalue weighted by Gasteiger charge is -2.08. The van der Waals surface area contributed by atoms with Gasteiger partial charge in [0.05, 0.1) is 15.3 Å². The molecule has 2 rings (SSSR count). The average molecular weight is 289 g/mol. The minimum atomic E-state index is -0.224. The van der Waals surface area contributed by atoms with E-state index >= 15 is 0 Å². The van der Waals surface area contributed by atoms with Gasteiger partial charge in [0.1, 0.15) is 5.01 Å². The molecule has 2 heterocycles. The van der Waals surface area contributed by atoms with Gasteiger partial charge >= 0.3 is 0 Å². The summed E-state index contributed by atoms with van der Waals surface area (Å²) in [5.41, 5.74) is 5.48. The number of nitrogen functional groups attached to an aromatic ring is 1. The van der Waals surface area contributed by atoms with E-state index in [9.17, 15) is 4.79 Å². The topological polar surface area (TPSA) is 80.9 Å². The van der Waals surface area contributed by atoms with Gasteiger partial charge in [0, 0.05) is 0 Å². The van der Waals surface area contributed by atoms with E-state index in [4.69, 9.17) is 17.3 Å². The Kier molecular flexibility index (Phi) is 3.60. The summed E-state index contributed by atoms with van der Waals surface area (Å²) in [6, 6.07) is 3.15. The first kappa shape index (κ1) is 12.3. The number of amides is 1. The molecule has 17 heavy (non-hydrogen) atoms. The second-order valence-electron chi connectivity index (χ2n) is 3.28. The molecule has 0 aromatic carbocycles. The molecule has 8 heteroatoms. The smallest absolute Gasteiger partial charge is 0.261 e. The second kappa shape index (κ2) is 4.99. The van der Waals surface area contributed by atoms with Crippen molar-refractivity contribution < 1.29 is 4.79 Å². The van der Waals surface area contributed by atoms with E-state index in [1.165, 1.54) is 22.7 Å². The summed E-state index contributed by atoms with van der Waals surface area (Å²) in [4.78, 5) is 12.4. The molecule has 0 aliphatic heterocycles. The molecule has 5 nitrogen and oxygen atoms in total. The van der Waals surface area contributed by atoms with Gasteiger partial charge in [-0.15, -0.1) is 21.5 Å². The highest BCUT2D eigenvalue weighted by Crippen LogP contribution is 2.23. The summed E-state index contributed by atoms with van der Waals surface area (Å²) < 4.78 is 0.586. The second-order valence-corrected chi connectivity index (χ2v) is 6.03. The van der Waals surface area contributed by atoms with Crippen molar-refractivity contribution in [1.82, 2.24) is 15.5 Å². The maximum atomic E-state index is 11.8. The first-order chi connectivity index (χ1) is 8.06. The molecule has 1 amide bonds. The molecule has 0 radical (unpaired) electrons. The number of halogens is 1. The molecule has 90 valence electrons. The zero-order valence-corrected chi connectivity index (χ0v) is 11.2. The lowest BCUT2D eigenvalue weighted by Crippen LogP contribution is -2.25. The first-order valence-electron chi connectivity index (χ1n) is 4.71. The number of rotatable bonds is 3. The van der Waals surface area contributed by atoms with Crippen molar-refractivity contribution in [3.05, 3.63) is 26.4 Å². The molecule has 0 fully saturated rings. The van der Waals surface area contributed by atoms with Crippen LogP contribution >= 0.6 is 34.3 Å². The highest BCUT2D eigenvalue weighted by atomic mass is 35.5. The number of hydrogen-bond donors (Lipinski definition) is 2. The third-order valence-corrected chi connectivity index (χ3v) is 4.14. The fraction of sp³-hybridized carbons (Fsp3) is 0.222. The molecule has 2 aromatic rings. The third kappa shape index (κ3) is 2.93. The van der Waals surface area contributed by atoms with Gasteiger partial charge < -0.3 is 11.1 Å². The average Bonchev–Trinajstić information content (AvgIpc) is 2.87. The zero-order chi connectivity index (χ0) is 12.4. The SMILES string of the molecule is CC(NC(=O)c1ccc(Cl)s1)c1nnc(N)s1. The van der Waals surface area contributed by atoms with Gasteiger partial charge in [0.15, 0.2) is 0 Å². The van der Waals surface area contributed by atoms with Gasteiger partial charge in [0.2, 0.25) is 5.13 Å². The molecule has 0 bridgehead atoms. The first-order valence-corrected chi connectivity index (χ1v) is 6.72. The Morgan fingerprint density at radius 2 is 2.24 bits per heavy atom. The van der Waals surface area contributed by atoms with Crippen LogP contribution in [-0.4, -0.2) is 16.1 Å². The van der Waals surface area contributed by atoms with Crippen LogP contribution in [-0.2, 0) is 0 Å². The van der Waals surface area contributed by atoms with Crippen LogP contribution < -0.4 is 11.1 Å². The molecule has 0 aliphatic rings. The van der Waals surface area contributed by atoms with Crippen LogP contribution in [0.2, 0.25) is 4.34 Å². The predicted molar refractivity (Wildman–Crippen MR) is 69.5 cm³/mol. The number of nitrogens with zero attached hydrogens (tertiary/aromatic N) is 2. The van der Waals surface area contributed by atoms with E-state index in [0.29, 0.717) is 19.4 Å². The molecular formula is C9H9ClN4OS2. The normalized spacial score (nSPS) is 12.4. The van der Waals surface area contributed by atoms with Crippen LogP contribution in [0.3, 0.4) is 0 Å². The molecular weight excluding hydrogens is 280 g/mol. The lowest BCUT2D eigenvalue weighted by molar-refractivity contribution is 0.0944. The minimum Gasteiger partial charge on any atom is -0.374 e. The fourth-order valence-electron chi connectivity index (χ4n) is 1.19. The van der Waals surface area contributed by atoms with Crippen molar-refractivity contribution >= 4 is 45.3 Å². The molecule has 3 N–H and O–H groups in total. The van der Waals surface area contributed by atoms with Crippen molar-refractivity contribution in [3.8, 4) is 0 Å². The summed E-state index contributed by atoms with van der Waals surface area (Å²) in [6.45, 7) is 1.83. The summed E-state index contributed by atoms with van der Waals surface area (Å²) >= 11 is 8.25. The van der Waals surface area contributed by atoms with Crippen LogP contribution in [0.25, 0.3) is 0 Å². The number of nitrogens with one attached hydrogen (secondary N) is 1. The number of carbonyl (C=O) groups excluding carboxylic acids is 1. The Hall–Kier alpha value is -1.18. The summed E-state index contributed by atoms with van der Waals surface area (Å²) in [5.74, 6) is -0.178. The molecule has 0 saturated carbocycles. The Bertz CT molecular complexity index is 539. The molecule has 2 aromatic heterocycles. The van der Waals surface area contributed by atoms with Gasteiger partial charge in [0.25, 0.3) is 5.91 Å². The van der Waals surface area contributed by atoms with Crippen molar-refractivity contribution in [3.63, 3.8) is 0 Å². The van der Waals surface area contributed by atoms with Crippen molar-refractivity contribution in [2.24, 2.45) is 0 Å². The van der Waals surface area contributed by atoms with Crippen LogP contribution in [0.1, 0.15) is 27.6 Å². The lowest BCUT2D eigenvalue weighted by atomic mass is 10.3. The Morgan fingerprint density at radius 3 is 2.76 bits per heavy atom. The highest BCUT2D eigenvalue weighted by Gasteiger charge is 2.16. The van der Waals surface area contributed by atoms with Gasteiger partial charge in [-0.1, -0.05) is 22.9 Å². The van der Waals surface area contributed by atoms with Crippen LogP contribution in [0.4, 0.5) is 5.13 Å². The maximum Gasteiger partial charge on any atom is 0.261 e. The zero-order valence-electron chi connectivity index (χ0n) is 8.81. The number of carbonyl (C=O) groups is 1. The maximum absolute atomic E-state index is 11.8. The van der Waals surface area contributed by atoms with E-state index < -0.39 is 0 Å². The highest BCUT2D eigenvalue weighted by molar-refractivity contribution is 7.18. The van der Waals surface area contributed by atoms with Gasteiger partial charge in [-0.25, -0.2) is 0 Å². The molecule has 0 spiro atoms. The fourth-order valence-corrected chi connectivity index (χ4v) is 2.75. The van der Waals surface area contributed by atoms with Gasteiger partial charge in [-0.3, -0.25) is 4.79 Å². The quantitative estimate of drug-likeness (QED) is 0.908. The van der Waals surface area contributed by atoms with E-state index in [-0.39, 0.29) is 11.9 Å². The minimum absolute atomic E-state index is 0.178.